The Balaban J connectivity index is 1.41. The van der Waals surface area contributed by atoms with Crippen LogP contribution < -0.4 is 0 Å². The number of unbranched alkanes of at least 4 members (excludes halogenated alkanes) is 1. The Morgan fingerprint density at radius 2 is 1.95 bits per heavy atom. The molecular formula is C14H18F3N3. The highest BCUT2D eigenvalue weighted by atomic mass is 19.4. The molecule has 20 heavy (non-hydrogen) atoms. The summed E-state index contributed by atoms with van der Waals surface area (Å²) in [5, 5.41) is 0. The molecule has 110 valence electrons. The molecule has 0 spiro atoms. The number of aromatic nitrogens is 2. The van der Waals surface area contributed by atoms with E-state index in [1.165, 1.54) is 25.7 Å². The number of hydrogen-bond acceptors (Lipinski definition) is 3. The van der Waals surface area contributed by atoms with Crippen LogP contribution in [0, 0.1) is 11.8 Å². The van der Waals surface area contributed by atoms with Crippen LogP contribution >= 0.6 is 0 Å². The topological polar surface area (TPSA) is 29.0 Å². The first kappa shape index (κ1) is 13.8. The number of halogens is 3. The van der Waals surface area contributed by atoms with Crippen molar-refractivity contribution in [3.05, 3.63) is 23.8 Å². The fourth-order valence-electron chi connectivity index (χ4n) is 2.97. The summed E-state index contributed by atoms with van der Waals surface area (Å²) >= 11 is 0. The van der Waals surface area contributed by atoms with E-state index in [-0.39, 0.29) is 0 Å². The number of likely N-dealkylation sites (tertiary alicyclic amines) is 1. The molecule has 2 fully saturated rings. The molecule has 0 radical (unpaired) electrons. The van der Waals surface area contributed by atoms with Gasteiger partial charge in [-0.1, -0.05) is 0 Å². The van der Waals surface area contributed by atoms with E-state index in [1.807, 2.05) is 0 Å². The lowest BCUT2D eigenvalue weighted by atomic mass is 10.2. The van der Waals surface area contributed by atoms with E-state index in [1.54, 1.807) is 0 Å². The molecule has 1 saturated heterocycles. The number of fused-ring (bicyclic) bond motifs is 1. The lowest BCUT2D eigenvalue weighted by Crippen LogP contribution is -2.23. The maximum atomic E-state index is 12.5. The van der Waals surface area contributed by atoms with Crippen LogP contribution in [0.3, 0.4) is 0 Å². The van der Waals surface area contributed by atoms with Crippen molar-refractivity contribution in [1.82, 2.24) is 14.9 Å². The monoisotopic (exact) mass is 285 g/mol. The second-order valence-electron chi connectivity index (χ2n) is 5.83. The quantitative estimate of drug-likeness (QED) is 0.779. The molecule has 1 aromatic heterocycles. The lowest BCUT2D eigenvalue weighted by molar-refractivity contribution is -0.141. The van der Waals surface area contributed by atoms with Crippen molar-refractivity contribution in [3.8, 4) is 0 Å². The molecule has 1 saturated carbocycles. The van der Waals surface area contributed by atoms with Gasteiger partial charge in [0, 0.05) is 25.7 Å². The Kier molecular flexibility index (Phi) is 3.67. The van der Waals surface area contributed by atoms with Gasteiger partial charge < -0.3 is 4.90 Å². The van der Waals surface area contributed by atoms with Crippen molar-refractivity contribution in [3.63, 3.8) is 0 Å². The van der Waals surface area contributed by atoms with Crippen LogP contribution in [-0.4, -0.2) is 34.5 Å². The lowest BCUT2D eigenvalue weighted by Gasteiger charge is -2.16. The van der Waals surface area contributed by atoms with E-state index in [0.717, 1.165) is 37.3 Å². The van der Waals surface area contributed by atoms with Gasteiger partial charge in [-0.3, -0.25) is 0 Å². The van der Waals surface area contributed by atoms with Gasteiger partial charge in [-0.2, -0.15) is 13.2 Å². The van der Waals surface area contributed by atoms with Crippen molar-refractivity contribution >= 4 is 0 Å². The summed E-state index contributed by atoms with van der Waals surface area (Å²) in [6.07, 6.45) is 0.568. The first-order valence-electron chi connectivity index (χ1n) is 7.14. The maximum absolute atomic E-state index is 12.5. The van der Waals surface area contributed by atoms with Gasteiger partial charge in [-0.05, 0) is 43.7 Å². The predicted octanol–water partition coefficient (Wildman–Crippen LogP) is 2.77. The zero-order valence-electron chi connectivity index (χ0n) is 11.2. The van der Waals surface area contributed by atoms with E-state index < -0.39 is 11.9 Å². The van der Waals surface area contributed by atoms with Crippen molar-refractivity contribution in [2.24, 2.45) is 11.8 Å². The van der Waals surface area contributed by atoms with Gasteiger partial charge in [0.05, 0.1) is 0 Å². The number of piperidine rings is 1. The van der Waals surface area contributed by atoms with Crippen molar-refractivity contribution < 1.29 is 13.2 Å². The third kappa shape index (κ3) is 3.29. The second-order valence-corrected chi connectivity index (χ2v) is 5.83. The SMILES string of the molecule is FC(F)(F)c1ccnc(CCCCN2CC3CC3C2)n1. The first-order valence-corrected chi connectivity index (χ1v) is 7.14. The molecule has 2 unspecified atom stereocenters. The van der Waals surface area contributed by atoms with Crippen LogP contribution in [0.4, 0.5) is 13.2 Å². The first-order chi connectivity index (χ1) is 9.52. The van der Waals surface area contributed by atoms with Crippen LogP contribution in [0.1, 0.15) is 30.8 Å². The van der Waals surface area contributed by atoms with E-state index >= 15 is 0 Å². The Bertz CT molecular complexity index is 465. The number of hydrogen-bond donors (Lipinski definition) is 0. The number of rotatable bonds is 5. The predicted molar refractivity (Wildman–Crippen MR) is 68.0 cm³/mol. The number of nitrogens with zero attached hydrogens (tertiary/aromatic N) is 3. The van der Waals surface area contributed by atoms with Crippen LogP contribution in [0.5, 0.6) is 0 Å². The van der Waals surface area contributed by atoms with Crippen molar-refractivity contribution in [1.29, 1.82) is 0 Å². The van der Waals surface area contributed by atoms with Crippen molar-refractivity contribution in [2.75, 3.05) is 19.6 Å². The standard InChI is InChI=1S/C14H18F3N3/c15-14(16,17)12-4-5-18-13(19-12)3-1-2-6-20-8-10-7-11(10)9-20/h4-5,10-11H,1-3,6-9H2. The highest BCUT2D eigenvalue weighted by molar-refractivity contribution is 5.06. The Morgan fingerprint density at radius 3 is 2.65 bits per heavy atom. The average molecular weight is 285 g/mol. The van der Waals surface area contributed by atoms with Crippen LogP contribution in [0.2, 0.25) is 0 Å². The van der Waals surface area contributed by atoms with Crippen molar-refractivity contribution in [2.45, 2.75) is 31.9 Å². The smallest absolute Gasteiger partial charge is 0.303 e. The molecule has 1 aliphatic carbocycles. The van der Waals surface area contributed by atoms with Gasteiger partial charge >= 0.3 is 6.18 Å². The average Bonchev–Trinajstić information content (AvgIpc) is 3.01. The van der Waals surface area contributed by atoms with E-state index in [4.69, 9.17) is 0 Å². The largest absolute Gasteiger partial charge is 0.433 e. The molecule has 0 aromatic carbocycles. The summed E-state index contributed by atoms with van der Waals surface area (Å²) in [6, 6.07) is 0.917. The maximum Gasteiger partial charge on any atom is 0.433 e. The summed E-state index contributed by atoms with van der Waals surface area (Å²) in [7, 11) is 0. The van der Waals surface area contributed by atoms with Crippen LogP contribution in [0.25, 0.3) is 0 Å². The molecule has 0 N–H and O–H groups in total. The van der Waals surface area contributed by atoms with Gasteiger partial charge in [0.2, 0.25) is 0 Å². The molecule has 0 bridgehead atoms. The van der Waals surface area contributed by atoms with Crippen LogP contribution in [-0.2, 0) is 12.6 Å². The fourth-order valence-corrected chi connectivity index (χ4v) is 2.97. The minimum absolute atomic E-state index is 0.295. The summed E-state index contributed by atoms with van der Waals surface area (Å²) in [5.41, 5.74) is -0.845. The highest BCUT2D eigenvalue weighted by Gasteiger charge is 2.44. The van der Waals surface area contributed by atoms with E-state index in [0.29, 0.717) is 12.2 Å². The molecule has 2 aliphatic rings. The van der Waals surface area contributed by atoms with Gasteiger partial charge in [0.1, 0.15) is 11.5 Å². The molecule has 2 heterocycles. The fraction of sp³-hybridized carbons (Fsp3) is 0.714. The molecule has 6 heteroatoms. The normalized spacial score (nSPS) is 25.8. The molecule has 1 aliphatic heterocycles. The third-order valence-electron chi connectivity index (χ3n) is 4.18. The summed E-state index contributed by atoms with van der Waals surface area (Å²) in [5.74, 6) is 2.16. The minimum Gasteiger partial charge on any atom is -0.303 e. The summed E-state index contributed by atoms with van der Waals surface area (Å²) in [4.78, 5) is 9.96. The molecule has 3 rings (SSSR count). The number of alkyl halides is 3. The molecule has 0 amide bonds. The minimum atomic E-state index is -4.38. The summed E-state index contributed by atoms with van der Waals surface area (Å²) in [6.45, 7) is 3.47. The molecular weight excluding hydrogens is 267 g/mol. The third-order valence-corrected chi connectivity index (χ3v) is 4.18. The van der Waals surface area contributed by atoms with Crippen LogP contribution in [0.15, 0.2) is 12.3 Å². The Morgan fingerprint density at radius 1 is 1.20 bits per heavy atom. The molecule has 3 nitrogen and oxygen atoms in total. The summed E-state index contributed by atoms with van der Waals surface area (Å²) < 4.78 is 37.5. The molecule has 1 aromatic rings. The highest BCUT2D eigenvalue weighted by Crippen LogP contribution is 2.44. The second kappa shape index (κ2) is 5.31. The van der Waals surface area contributed by atoms with E-state index in [9.17, 15) is 13.2 Å². The van der Waals surface area contributed by atoms with Gasteiger partial charge in [0.15, 0.2) is 0 Å². The molecule has 2 atom stereocenters. The van der Waals surface area contributed by atoms with E-state index in [2.05, 4.69) is 14.9 Å². The van der Waals surface area contributed by atoms with Gasteiger partial charge in [0.25, 0.3) is 0 Å². The van der Waals surface area contributed by atoms with Gasteiger partial charge in [-0.25, -0.2) is 9.97 Å². The number of aryl methyl sites for hydroxylation is 1. The zero-order valence-corrected chi connectivity index (χ0v) is 11.2. The zero-order chi connectivity index (χ0) is 14.2. The van der Waals surface area contributed by atoms with Gasteiger partial charge in [-0.15, -0.1) is 0 Å². The Labute approximate surface area is 116 Å². The Hall–Kier alpha value is -1.17.